The van der Waals surface area contributed by atoms with Crippen LogP contribution in [0.3, 0.4) is 0 Å². The van der Waals surface area contributed by atoms with E-state index in [4.69, 9.17) is 11.6 Å². The molecule has 1 saturated heterocycles. The van der Waals surface area contributed by atoms with Crippen molar-refractivity contribution in [3.05, 3.63) is 69.6 Å². The van der Waals surface area contributed by atoms with Crippen LogP contribution in [0.2, 0.25) is 5.02 Å². The molecule has 156 valence electrons. The summed E-state index contributed by atoms with van der Waals surface area (Å²) >= 11 is 7.33. The molecule has 0 atom stereocenters. The van der Waals surface area contributed by atoms with Gasteiger partial charge in [-0.3, -0.25) is 4.79 Å². The molecule has 7 nitrogen and oxygen atoms in total. The predicted octanol–water partition coefficient (Wildman–Crippen LogP) is 4.01. The van der Waals surface area contributed by atoms with Crippen molar-refractivity contribution in [1.29, 1.82) is 0 Å². The van der Waals surface area contributed by atoms with Crippen LogP contribution in [0.5, 0.6) is 0 Å². The molecule has 10 heteroatoms. The van der Waals surface area contributed by atoms with Crippen molar-refractivity contribution >= 4 is 44.6 Å². The van der Waals surface area contributed by atoms with E-state index in [-0.39, 0.29) is 21.7 Å². The van der Waals surface area contributed by atoms with Gasteiger partial charge in [0.15, 0.2) is 0 Å². The molecule has 1 fully saturated rings. The molecule has 1 N–H and O–H groups in total. The second kappa shape index (κ2) is 8.81. The number of benzene rings is 2. The number of carbonyl (C=O) groups is 1. The third-order valence-electron chi connectivity index (χ3n) is 4.92. The molecule has 0 bridgehead atoms. The Hall–Kier alpha value is -2.33. The minimum absolute atomic E-state index is 0.0680. The summed E-state index contributed by atoms with van der Waals surface area (Å²) in [6, 6.07) is 15.6. The number of rotatable bonds is 5. The van der Waals surface area contributed by atoms with Crippen LogP contribution in [0.1, 0.15) is 33.6 Å². The number of carbonyl (C=O) groups excluding carboxylic acids is 1. The Bertz CT molecular complexity index is 1140. The van der Waals surface area contributed by atoms with E-state index in [2.05, 4.69) is 15.5 Å². The van der Waals surface area contributed by atoms with E-state index in [1.807, 2.05) is 18.2 Å². The zero-order valence-corrected chi connectivity index (χ0v) is 18.3. The number of anilines is 1. The molecule has 4 rings (SSSR count). The van der Waals surface area contributed by atoms with Crippen LogP contribution in [-0.4, -0.2) is 41.9 Å². The molecule has 0 saturated carbocycles. The van der Waals surface area contributed by atoms with E-state index >= 15 is 0 Å². The monoisotopic (exact) mass is 462 g/mol. The number of hydrogen-bond acceptors (Lipinski definition) is 6. The van der Waals surface area contributed by atoms with Crippen molar-refractivity contribution in [2.45, 2.75) is 23.7 Å². The Morgan fingerprint density at radius 1 is 1.03 bits per heavy atom. The third-order valence-corrected chi connectivity index (χ3v) is 8.41. The summed E-state index contributed by atoms with van der Waals surface area (Å²) in [6.45, 7) is 0.729. The smallest absolute Gasteiger partial charge is 0.286 e. The van der Waals surface area contributed by atoms with Crippen molar-refractivity contribution in [3.63, 3.8) is 0 Å². The van der Waals surface area contributed by atoms with E-state index in [0.717, 1.165) is 5.01 Å². The summed E-state index contributed by atoms with van der Waals surface area (Å²) in [5.41, 5.74) is 0.692. The fourth-order valence-corrected chi connectivity index (χ4v) is 6.20. The van der Waals surface area contributed by atoms with Gasteiger partial charge in [0.25, 0.3) is 5.91 Å². The summed E-state index contributed by atoms with van der Waals surface area (Å²) < 4.78 is 27.2. The minimum atomic E-state index is -3.64. The molecular weight excluding hydrogens is 444 g/mol. The standard InChI is InChI=1S/C20H19ClN4O3S2/c21-16-8-4-5-9-17(16)30(27,28)25-12-10-14(11-13-25)19-23-24-20(29-19)18(26)22-15-6-2-1-3-7-15/h1-9,14H,10-13H2,(H,22,26). The lowest BCUT2D eigenvalue weighted by molar-refractivity contribution is 0.102. The molecule has 0 unspecified atom stereocenters. The number of hydrogen-bond donors (Lipinski definition) is 1. The molecule has 30 heavy (non-hydrogen) atoms. The summed E-state index contributed by atoms with van der Waals surface area (Å²) in [5, 5.41) is 12.3. The van der Waals surface area contributed by atoms with E-state index < -0.39 is 10.0 Å². The summed E-state index contributed by atoms with van der Waals surface area (Å²) in [4.78, 5) is 12.5. The average molecular weight is 463 g/mol. The van der Waals surface area contributed by atoms with E-state index in [1.165, 1.54) is 21.7 Å². The summed E-state index contributed by atoms with van der Waals surface area (Å²) in [7, 11) is -3.64. The third kappa shape index (κ3) is 4.39. The molecule has 1 amide bonds. The quantitative estimate of drug-likeness (QED) is 0.618. The first-order valence-corrected chi connectivity index (χ1v) is 12.0. The number of aromatic nitrogens is 2. The Morgan fingerprint density at radius 2 is 1.70 bits per heavy atom. The second-order valence-corrected chi connectivity index (χ2v) is 10.2. The van der Waals surface area contributed by atoms with Crippen LogP contribution < -0.4 is 5.32 Å². The number of amides is 1. The first-order chi connectivity index (χ1) is 14.4. The molecular formula is C20H19ClN4O3S2. The van der Waals surface area contributed by atoms with Crippen LogP contribution in [0, 0.1) is 0 Å². The fraction of sp³-hybridized carbons (Fsp3) is 0.250. The maximum absolute atomic E-state index is 12.9. The fourth-order valence-electron chi connectivity index (χ4n) is 3.33. The molecule has 1 aliphatic heterocycles. The van der Waals surface area contributed by atoms with Gasteiger partial charge in [0, 0.05) is 24.7 Å². The molecule has 3 aromatic rings. The Morgan fingerprint density at radius 3 is 2.40 bits per heavy atom. The number of nitrogens with one attached hydrogen (secondary N) is 1. The lowest BCUT2D eigenvalue weighted by atomic mass is 9.99. The highest BCUT2D eigenvalue weighted by molar-refractivity contribution is 7.89. The maximum atomic E-state index is 12.9. The first-order valence-electron chi connectivity index (χ1n) is 9.39. The molecule has 1 aromatic heterocycles. The predicted molar refractivity (Wildman–Crippen MR) is 116 cm³/mol. The van der Waals surface area contributed by atoms with Crippen molar-refractivity contribution in [3.8, 4) is 0 Å². The molecule has 1 aliphatic rings. The van der Waals surface area contributed by atoms with Gasteiger partial charge in [0.2, 0.25) is 15.0 Å². The molecule has 0 radical (unpaired) electrons. The van der Waals surface area contributed by atoms with Crippen LogP contribution in [0.15, 0.2) is 59.5 Å². The van der Waals surface area contributed by atoms with E-state index in [1.54, 1.807) is 30.3 Å². The molecule has 2 aromatic carbocycles. The van der Waals surface area contributed by atoms with Crippen molar-refractivity contribution in [2.24, 2.45) is 0 Å². The van der Waals surface area contributed by atoms with Crippen LogP contribution in [-0.2, 0) is 10.0 Å². The number of para-hydroxylation sites is 1. The van der Waals surface area contributed by atoms with Crippen molar-refractivity contribution in [1.82, 2.24) is 14.5 Å². The highest BCUT2D eigenvalue weighted by atomic mass is 35.5. The zero-order chi connectivity index (χ0) is 21.1. The lowest BCUT2D eigenvalue weighted by Crippen LogP contribution is -2.38. The molecule has 2 heterocycles. The largest absolute Gasteiger partial charge is 0.320 e. The SMILES string of the molecule is O=C(Nc1ccccc1)c1nnc(C2CCN(S(=O)(=O)c3ccccc3Cl)CC2)s1. The second-order valence-electron chi connectivity index (χ2n) is 6.87. The first kappa shape index (κ1) is 20.9. The number of piperidine rings is 1. The number of halogens is 1. The highest BCUT2D eigenvalue weighted by Gasteiger charge is 2.32. The van der Waals surface area contributed by atoms with Gasteiger partial charge in [-0.15, -0.1) is 10.2 Å². The number of nitrogens with zero attached hydrogens (tertiary/aromatic N) is 3. The topological polar surface area (TPSA) is 92.3 Å². The van der Waals surface area contributed by atoms with Gasteiger partial charge in [-0.05, 0) is 37.1 Å². The maximum Gasteiger partial charge on any atom is 0.286 e. The van der Waals surface area contributed by atoms with Crippen molar-refractivity contribution < 1.29 is 13.2 Å². The zero-order valence-electron chi connectivity index (χ0n) is 15.9. The van der Waals surface area contributed by atoms with Crippen LogP contribution in [0.4, 0.5) is 5.69 Å². The van der Waals surface area contributed by atoms with Gasteiger partial charge >= 0.3 is 0 Å². The Kier molecular flexibility index (Phi) is 6.14. The van der Waals surface area contributed by atoms with E-state index in [0.29, 0.717) is 36.6 Å². The Labute approximate surface area is 183 Å². The van der Waals surface area contributed by atoms with Crippen LogP contribution in [0.25, 0.3) is 0 Å². The average Bonchev–Trinajstić information content (AvgIpc) is 3.25. The normalized spacial score (nSPS) is 15.8. The van der Waals surface area contributed by atoms with Gasteiger partial charge in [0.1, 0.15) is 9.90 Å². The molecule has 0 spiro atoms. The van der Waals surface area contributed by atoms with Gasteiger partial charge in [0.05, 0.1) is 5.02 Å². The van der Waals surface area contributed by atoms with E-state index in [9.17, 15) is 13.2 Å². The van der Waals surface area contributed by atoms with Gasteiger partial charge in [-0.1, -0.05) is 53.3 Å². The highest BCUT2D eigenvalue weighted by Crippen LogP contribution is 2.33. The van der Waals surface area contributed by atoms with Gasteiger partial charge < -0.3 is 5.32 Å². The summed E-state index contributed by atoms with van der Waals surface area (Å²) in [5.74, 6) is -0.234. The summed E-state index contributed by atoms with van der Waals surface area (Å²) in [6.07, 6.45) is 1.22. The van der Waals surface area contributed by atoms with Crippen LogP contribution >= 0.6 is 22.9 Å². The van der Waals surface area contributed by atoms with Crippen molar-refractivity contribution in [2.75, 3.05) is 18.4 Å². The van der Waals surface area contributed by atoms with Gasteiger partial charge in [-0.2, -0.15) is 4.31 Å². The molecule has 0 aliphatic carbocycles. The minimum Gasteiger partial charge on any atom is -0.320 e. The van der Waals surface area contributed by atoms with Gasteiger partial charge in [-0.25, -0.2) is 8.42 Å². The Balaban J connectivity index is 1.40. The number of sulfonamides is 1. The lowest BCUT2D eigenvalue weighted by Gasteiger charge is -2.30.